The second-order valence-electron chi connectivity index (χ2n) is 5.74. The van der Waals surface area contributed by atoms with Crippen molar-refractivity contribution < 1.29 is 17.6 Å². The first-order valence-electron chi connectivity index (χ1n) is 7.85. The van der Waals surface area contributed by atoms with E-state index in [0.717, 1.165) is 16.1 Å². The van der Waals surface area contributed by atoms with Gasteiger partial charge in [-0.25, -0.2) is 12.8 Å². The summed E-state index contributed by atoms with van der Waals surface area (Å²) in [5, 5.41) is 2.73. The highest BCUT2D eigenvalue weighted by Crippen LogP contribution is 2.20. The number of carbonyl (C=O) groups is 1. The number of hydrogen-bond donors (Lipinski definition) is 1. The van der Waals surface area contributed by atoms with Crippen LogP contribution in [0, 0.1) is 5.82 Å². The predicted molar refractivity (Wildman–Crippen MR) is 96.3 cm³/mol. The third kappa shape index (κ3) is 5.29. The van der Waals surface area contributed by atoms with E-state index >= 15 is 0 Å². The second-order valence-corrected chi connectivity index (χ2v) is 7.60. The Kier molecular flexibility index (Phi) is 6.14. The summed E-state index contributed by atoms with van der Waals surface area (Å²) >= 11 is 0. The third-order valence-corrected chi connectivity index (χ3v) is 4.97. The van der Waals surface area contributed by atoms with Crippen LogP contribution in [0.1, 0.15) is 12.5 Å². The standard InChI is InChI=1S/C18H21FN2O3S/c1-14(21(25(2,23)24)17-6-4-3-5-7-17)18(22)20-13-12-15-8-10-16(19)11-9-15/h3-11,14H,12-13H2,1-2H3,(H,20,22). The van der Waals surface area contributed by atoms with Gasteiger partial charge in [0.2, 0.25) is 15.9 Å². The van der Waals surface area contributed by atoms with E-state index < -0.39 is 22.0 Å². The van der Waals surface area contributed by atoms with Crippen molar-refractivity contribution in [2.75, 3.05) is 17.1 Å². The molecule has 1 unspecified atom stereocenters. The van der Waals surface area contributed by atoms with E-state index in [1.165, 1.54) is 12.1 Å². The van der Waals surface area contributed by atoms with E-state index in [1.807, 2.05) is 0 Å². The lowest BCUT2D eigenvalue weighted by Crippen LogP contribution is -2.48. The van der Waals surface area contributed by atoms with Crippen molar-refractivity contribution in [1.82, 2.24) is 5.32 Å². The van der Waals surface area contributed by atoms with Gasteiger partial charge in [-0.3, -0.25) is 9.10 Å². The van der Waals surface area contributed by atoms with Crippen molar-refractivity contribution in [3.05, 3.63) is 66.0 Å². The van der Waals surface area contributed by atoms with Gasteiger partial charge in [0, 0.05) is 6.54 Å². The maximum Gasteiger partial charge on any atom is 0.243 e. The number of amides is 1. The third-order valence-electron chi connectivity index (χ3n) is 3.73. The molecule has 0 heterocycles. The lowest BCUT2D eigenvalue weighted by molar-refractivity contribution is -0.121. The molecule has 2 rings (SSSR count). The molecule has 0 saturated carbocycles. The molecule has 0 bridgehead atoms. The van der Waals surface area contributed by atoms with E-state index in [0.29, 0.717) is 18.7 Å². The highest BCUT2D eigenvalue weighted by atomic mass is 32.2. The molecule has 0 aliphatic heterocycles. The lowest BCUT2D eigenvalue weighted by atomic mass is 10.1. The predicted octanol–water partition coefficient (Wildman–Crippen LogP) is 2.34. The van der Waals surface area contributed by atoms with Crippen LogP contribution < -0.4 is 9.62 Å². The fourth-order valence-corrected chi connectivity index (χ4v) is 3.69. The summed E-state index contributed by atoms with van der Waals surface area (Å²) in [6.07, 6.45) is 1.60. The summed E-state index contributed by atoms with van der Waals surface area (Å²) in [6, 6.07) is 13.6. The summed E-state index contributed by atoms with van der Waals surface area (Å²) in [7, 11) is -3.61. The average molecular weight is 364 g/mol. The van der Waals surface area contributed by atoms with Gasteiger partial charge in [-0.1, -0.05) is 30.3 Å². The van der Waals surface area contributed by atoms with Gasteiger partial charge in [0.15, 0.2) is 0 Å². The quantitative estimate of drug-likeness (QED) is 0.820. The Hall–Kier alpha value is -2.41. The largest absolute Gasteiger partial charge is 0.354 e. The van der Waals surface area contributed by atoms with Crippen LogP contribution in [0.4, 0.5) is 10.1 Å². The van der Waals surface area contributed by atoms with E-state index in [1.54, 1.807) is 49.4 Å². The molecular formula is C18H21FN2O3S. The van der Waals surface area contributed by atoms with Gasteiger partial charge in [-0.15, -0.1) is 0 Å². The Morgan fingerprint density at radius 3 is 2.28 bits per heavy atom. The molecule has 2 aromatic carbocycles. The first-order chi connectivity index (χ1) is 11.8. The fourth-order valence-electron chi connectivity index (χ4n) is 2.51. The molecule has 7 heteroatoms. The van der Waals surface area contributed by atoms with E-state index in [2.05, 4.69) is 5.32 Å². The summed E-state index contributed by atoms with van der Waals surface area (Å²) in [5.41, 5.74) is 1.32. The van der Waals surface area contributed by atoms with Crippen LogP contribution in [0.2, 0.25) is 0 Å². The van der Waals surface area contributed by atoms with Crippen molar-refractivity contribution in [2.45, 2.75) is 19.4 Å². The first kappa shape index (κ1) is 18.9. The van der Waals surface area contributed by atoms with Gasteiger partial charge in [-0.2, -0.15) is 0 Å². The number of nitrogens with one attached hydrogen (secondary N) is 1. The second kappa shape index (κ2) is 8.11. The Labute approximate surface area is 147 Å². The van der Waals surface area contributed by atoms with Gasteiger partial charge in [0.1, 0.15) is 11.9 Å². The zero-order valence-electron chi connectivity index (χ0n) is 14.1. The molecule has 5 nitrogen and oxygen atoms in total. The van der Waals surface area contributed by atoms with E-state index in [4.69, 9.17) is 0 Å². The Morgan fingerprint density at radius 1 is 1.12 bits per heavy atom. The summed E-state index contributed by atoms with van der Waals surface area (Å²) in [5.74, 6) is -0.704. The minimum Gasteiger partial charge on any atom is -0.354 e. The van der Waals surface area contributed by atoms with Crippen molar-refractivity contribution in [1.29, 1.82) is 0 Å². The molecule has 2 aromatic rings. The molecule has 1 amide bonds. The number of nitrogens with zero attached hydrogens (tertiary/aromatic N) is 1. The van der Waals surface area contributed by atoms with Crippen LogP contribution in [0.25, 0.3) is 0 Å². The number of rotatable bonds is 7. The molecular weight excluding hydrogens is 343 g/mol. The maximum atomic E-state index is 12.9. The molecule has 0 spiro atoms. The topological polar surface area (TPSA) is 66.5 Å². The summed E-state index contributed by atoms with van der Waals surface area (Å²) in [6.45, 7) is 1.88. The van der Waals surface area contributed by atoms with Crippen LogP contribution >= 0.6 is 0 Å². The van der Waals surface area contributed by atoms with Crippen LogP contribution in [0.15, 0.2) is 54.6 Å². The van der Waals surface area contributed by atoms with Gasteiger partial charge >= 0.3 is 0 Å². The van der Waals surface area contributed by atoms with Crippen molar-refractivity contribution in [3.63, 3.8) is 0 Å². The lowest BCUT2D eigenvalue weighted by Gasteiger charge is -2.28. The van der Waals surface area contributed by atoms with Gasteiger partial charge in [0.25, 0.3) is 0 Å². The minimum atomic E-state index is -3.61. The fraction of sp³-hybridized carbons (Fsp3) is 0.278. The van der Waals surface area contributed by atoms with Gasteiger partial charge in [0.05, 0.1) is 11.9 Å². The van der Waals surface area contributed by atoms with Crippen LogP contribution in [-0.4, -0.2) is 33.2 Å². The smallest absolute Gasteiger partial charge is 0.243 e. The van der Waals surface area contributed by atoms with Crippen molar-refractivity contribution in [2.24, 2.45) is 0 Å². The van der Waals surface area contributed by atoms with E-state index in [9.17, 15) is 17.6 Å². The number of sulfonamides is 1. The SMILES string of the molecule is CC(C(=O)NCCc1ccc(F)cc1)N(c1ccccc1)S(C)(=O)=O. The number of para-hydroxylation sites is 1. The summed E-state index contributed by atoms with van der Waals surface area (Å²) in [4.78, 5) is 12.4. The maximum absolute atomic E-state index is 12.9. The molecule has 1 atom stereocenters. The van der Waals surface area contributed by atoms with Gasteiger partial charge < -0.3 is 5.32 Å². The normalized spacial score (nSPS) is 12.4. The van der Waals surface area contributed by atoms with Crippen molar-refractivity contribution in [3.8, 4) is 0 Å². The molecule has 0 aromatic heterocycles. The number of anilines is 1. The molecule has 0 aliphatic rings. The molecule has 0 saturated heterocycles. The first-order valence-corrected chi connectivity index (χ1v) is 9.70. The Balaban J connectivity index is 2.02. The molecule has 0 aliphatic carbocycles. The molecule has 0 fully saturated rings. The highest BCUT2D eigenvalue weighted by molar-refractivity contribution is 7.92. The summed E-state index contributed by atoms with van der Waals surface area (Å²) < 4.78 is 38.2. The Bertz CT molecular complexity index is 808. The minimum absolute atomic E-state index is 0.312. The zero-order valence-corrected chi connectivity index (χ0v) is 15.0. The highest BCUT2D eigenvalue weighted by Gasteiger charge is 2.28. The van der Waals surface area contributed by atoms with Crippen LogP contribution in [0.3, 0.4) is 0 Å². The van der Waals surface area contributed by atoms with E-state index in [-0.39, 0.29) is 5.82 Å². The molecule has 134 valence electrons. The molecule has 0 radical (unpaired) electrons. The van der Waals surface area contributed by atoms with Gasteiger partial charge in [-0.05, 0) is 43.2 Å². The van der Waals surface area contributed by atoms with Crippen LogP contribution in [0.5, 0.6) is 0 Å². The number of carbonyl (C=O) groups excluding carboxylic acids is 1. The monoisotopic (exact) mass is 364 g/mol. The Morgan fingerprint density at radius 2 is 1.72 bits per heavy atom. The number of halogens is 1. The zero-order chi connectivity index (χ0) is 18.4. The average Bonchev–Trinajstić information content (AvgIpc) is 2.56. The van der Waals surface area contributed by atoms with Crippen molar-refractivity contribution >= 4 is 21.6 Å². The molecule has 1 N–H and O–H groups in total. The molecule has 25 heavy (non-hydrogen) atoms. The number of hydrogen-bond acceptors (Lipinski definition) is 3. The number of benzene rings is 2. The van der Waals surface area contributed by atoms with Crippen LogP contribution in [-0.2, 0) is 21.2 Å².